The van der Waals surface area contributed by atoms with E-state index in [0.29, 0.717) is 0 Å². The second-order valence-corrected chi connectivity index (χ2v) is 9.61. The van der Waals surface area contributed by atoms with Crippen molar-refractivity contribution in [3.05, 3.63) is 22.2 Å². The zero-order valence-electron chi connectivity index (χ0n) is 15.2. The van der Waals surface area contributed by atoms with E-state index in [1.807, 2.05) is 0 Å². The molecule has 0 aliphatic carbocycles. The van der Waals surface area contributed by atoms with Crippen LogP contribution in [0.3, 0.4) is 0 Å². The smallest absolute Gasteiger partial charge is 0.347 e. The van der Waals surface area contributed by atoms with Crippen molar-refractivity contribution in [2.75, 3.05) is 24.7 Å². The molecule has 0 bridgehead atoms. The summed E-state index contributed by atoms with van der Waals surface area (Å²) in [4.78, 5) is 3.86. The Labute approximate surface area is 171 Å². The van der Waals surface area contributed by atoms with Crippen LogP contribution in [-0.4, -0.2) is 65.1 Å². The number of piperidine rings is 1. The van der Waals surface area contributed by atoms with E-state index >= 15 is 0 Å². The molecule has 0 radical (unpaired) electrons. The summed E-state index contributed by atoms with van der Waals surface area (Å²) in [6.45, 7) is 0.581. The average molecular weight is 506 g/mol. The van der Waals surface area contributed by atoms with Gasteiger partial charge in [-0.3, -0.25) is 0 Å². The summed E-state index contributed by atoms with van der Waals surface area (Å²) < 4.78 is 92.8. The molecule has 1 aliphatic heterocycles. The Morgan fingerprint density at radius 2 is 2.03 bits per heavy atom. The average Bonchev–Trinajstić information content (AvgIpc) is 2.85. The number of alkyl halides is 4. The molecule has 1 aliphatic rings. The van der Waals surface area contributed by atoms with Gasteiger partial charge in [0.15, 0.2) is 5.82 Å². The first-order valence-electron chi connectivity index (χ1n) is 8.45. The van der Waals surface area contributed by atoms with Crippen LogP contribution in [0.25, 0.3) is 5.52 Å². The lowest BCUT2D eigenvalue weighted by Crippen LogP contribution is -2.49. The van der Waals surface area contributed by atoms with Crippen LogP contribution in [-0.2, 0) is 10.0 Å². The quantitative estimate of drug-likeness (QED) is 0.646. The predicted molar refractivity (Wildman–Crippen MR) is 98.5 cm³/mol. The predicted octanol–water partition coefficient (Wildman–Crippen LogP) is 3.08. The van der Waals surface area contributed by atoms with Crippen molar-refractivity contribution in [1.82, 2.24) is 18.9 Å². The van der Waals surface area contributed by atoms with Crippen LogP contribution in [0.1, 0.15) is 25.0 Å². The Morgan fingerprint density at radius 3 is 2.59 bits per heavy atom. The van der Waals surface area contributed by atoms with Crippen LogP contribution in [0.15, 0.2) is 10.7 Å². The van der Waals surface area contributed by atoms with Gasteiger partial charge in [-0.15, -0.1) is 5.10 Å². The minimum atomic E-state index is -4.63. The molecule has 1 N–H and O–H groups in total. The van der Waals surface area contributed by atoms with Crippen molar-refractivity contribution in [3.63, 3.8) is 0 Å². The molecular formula is C15H17BrF5N5O2S. The maximum absolute atomic E-state index is 14.4. The number of hydrogen-bond donors (Lipinski definition) is 1. The van der Waals surface area contributed by atoms with Gasteiger partial charge in [0.1, 0.15) is 11.7 Å². The lowest BCUT2D eigenvalue weighted by Gasteiger charge is -2.33. The number of anilines is 1. The molecule has 1 saturated heterocycles. The Kier molecular flexibility index (Phi) is 5.82. The van der Waals surface area contributed by atoms with Gasteiger partial charge in [-0.2, -0.15) is 17.5 Å². The molecule has 0 spiro atoms. The van der Waals surface area contributed by atoms with Crippen LogP contribution in [0.5, 0.6) is 0 Å². The largest absolute Gasteiger partial charge is 0.397 e. The maximum Gasteiger partial charge on any atom is 0.397 e. The fraction of sp³-hybridized carbons (Fsp3) is 0.600. The standard InChI is InChI=1S/C15H17BrF5N5O2S/c1-7(15(19,20)21)13-11(16)12(18)10-5-22-14(24-26(10)13)23-9-3-4-25(6-8(9)17)29(2,27)28/h5,7-9H,3-4,6H2,1-2H3,(H,23,24)/t7-,8+,9+/m0/s1. The molecule has 0 saturated carbocycles. The number of hydrogen-bond acceptors (Lipinski definition) is 5. The van der Waals surface area contributed by atoms with Crippen molar-refractivity contribution < 1.29 is 30.4 Å². The number of sulfonamides is 1. The van der Waals surface area contributed by atoms with Gasteiger partial charge in [0, 0.05) is 13.1 Å². The fourth-order valence-corrected chi connectivity index (χ4v) is 4.67. The third kappa shape index (κ3) is 4.33. The van der Waals surface area contributed by atoms with E-state index in [-0.39, 0.29) is 35.4 Å². The fourth-order valence-electron chi connectivity index (χ4n) is 3.10. The number of aromatic nitrogens is 3. The van der Waals surface area contributed by atoms with Crippen molar-refractivity contribution in [3.8, 4) is 0 Å². The molecule has 2 aromatic rings. The highest BCUT2D eigenvalue weighted by molar-refractivity contribution is 9.10. The molecule has 0 unspecified atom stereocenters. The van der Waals surface area contributed by atoms with Crippen LogP contribution in [0, 0.1) is 5.82 Å². The van der Waals surface area contributed by atoms with Gasteiger partial charge < -0.3 is 5.32 Å². The zero-order chi connectivity index (χ0) is 21.7. The molecule has 3 rings (SSSR count). The van der Waals surface area contributed by atoms with Gasteiger partial charge in [0.25, 0.3) is 0 Å². The monoisotopic (exact) mass is 505 g/mol. The van der Waals surface area contributed by atoms with E-state index in [4.69, 9.17) is 0 Å². The molecule has 0 aromatic carbocycles. The van der Waals surface area contributed by atoms with E-state index in [1.165, 1.54) is 0 Å². The van der Waals surface area contributed by atoms with Crippen LogP contribution in [0.2, 0.25) is 0 Å². The summed E-state index contributed by atoms with van der Waals surface area (Å²) in [7, 11) is -3.54. The van der Waals surface area contributed by atoms with E-state index in [2.05, 4.69) is 31.3 Å². The Hall–Kier alpha value is -1.54. The highest BCUT2D eigenvalue weighted by atomic mass is 79.9. The van der Waals surface area contributed by atoms with Gasteiger partial charge in [-0.25, -0.2) is 26.7 Å². The summed E-state index contributed by atoms with van der Waals surface area (Å²) in [6, 6.07) is -0.849. The summed E-state index contributed by atoms with van der Waals surface area (Å²) in [6.07, 6.45) is -4.14. The number of fused-ring (bicyclic) bond motifs is 1. The van der Waals surface area contributed by atoms with E-state index in [9.17, 15) is 30.4 Å². The number of nitrogens with zero attached hydrogens (tertiary/aromatic N) is 4. The Bertz CT molecular complexity index is 1030. The maximum atomic E-state index is 14.4. The molecule has 14 heteroatoms. The van der Waals surface area contributed by atoms with Gasteiger partial charge in [-0.05, 0) is 29.3 Å². The molecule has 7 nitrogen and oxygen atoms in total. The Balaban J connectivity index is 1.90. The van der Waals surface area contributed by atoms with E-state index in [1.54, 1.807) is 0 Å². The van der Waals surface area contributed by atoms with Crippen molar-refractivity contribution >= 4 is 37.4 Å². The summed E-state index contributed by atoms with van der Waals surface area (Å²) in [5.41, 5.74) is -0.712. The van der Waals surface area contributed by atoms with Gasteiger partial charge in [-0.1, -0.05) is 0 Å². The molecule has 1 fully saturated rings. The second-order valence-electron chi connectivity index (χ2n) is 6.83. The third-order valence-corrected chi connectivity index (χ3v) is 6.82. The van der Waals surface area contributed by atoms with Crippen molar-refractivity contribution in [2.45, 2.75) is 37.7 Å². The molecule has 3 heterocycles. The van der Waals surface area contributed by atoms with Crippen LogP contribution in [0.4, 0.5) is 27.9 Å². The minimum Gasteiger partial charge on any atom is -0.347 e. The first-order chi connectivity index (χ1) is 13.3. The van der Waals surface area contributed by atoms with Gasteiger partial charge in [0.05, 0.1) is 34.6 Å². The molecule has 29 heavy (non-hydrogen) atoms. The number of rotatable bonds is 4. The van der Waals surface area contributed by atoms with Crippen molar-refractivity contribution in [2.24, 2.45) is 0 Å². The van der Waals surface area contributed by atoms with Crippen molar-refractivity contribution in [1.29, 1.82) is 0 Å². The van der Waals surface area contributed by atoms with Crippen LogP contribution >= 0.6 is 15.9 Å². The van der Waals surface area contributed by atoms with E-state index in [0.717, 1.165) is 28.2 Å². The third-order valence-electron chi connectivity index (χ3n) is 4.79. The first-order valence-corrected chi connectivity index (χ1v) is 11.1. The number of nitrogens with one attached hydrogen (secondary N) is 1. The topological polar surface area (TPSA) is 79.6 Å². The first kappa shape index (κ1) is 22.2. The zero-order valence-corrected chi connectivity index (χ0v) is 17.6. The summed E-state index contributed by atoms with van der Waals surface area (Å²) in [5, 5.41) is 6.58. The minimum absolute atomic E-state index is 0.0687. The Morgan fingerprint density at radius 1 is 1.38 bits per heavy atom. The summed E-state index contributed by atoms with van der Waals surface area (Å²) >= 11 is 2.84. The van der Waals surface area contributed by atoms with Gasteiger partial charge >= 0.3 is 6.18 Å². The molecular weight excluding hydrogens is 489 g/mol. The SMILES string of the molecule is C[C@@H](c1c(Br)c(F)c2cnc(N[C@@H]3CCN(S(C)(=O)=O)C[C@H]3F)nn12)C(F)(F)F. The van der Waals surface area contributed by atoms with Gasteiger partial charge in [0.2, 0.25) is 16.0 Å². The molecule has 2 aromatic heterocycles. The highest BCUT2D eigenvalue weighted by Crippen LogP contribution is 2.40. The van der Waals surface area contributed by atoms with Crippen LogP contribution < -0.4 is 5.32 Å². The molecule has 162 valence electrons. The summed E-state index contributed by atoms with van der Waals surface area (Å²) in [5.74, 6) is -3.16. The lowest BCUT2D eigenvalue weighted by atomic mass is 10.1. The molecule has 0 amide bonds. The van der Waals surface area contributed by atoms with E-state index < -0.39 is 45.8 Å². The normalized spacial score (nSPS) is 22.8. The molecule has 3 atom stereocenters. The highest BCUT2D eigenvalue weighted by Gasteiger charge is 2.41. The lowest BCUT2D eigenvalue weighted by molar-refractivity contribution is -0.147. The number of halogens is 6. The second kappa shape index (κ2) is 7.61.